The fraction of sp³-hybridized carbons (Fsp3) is 0.400. The number of benzene rings is 2. The second-order valence-corrected chi connectivity index (χ2v) is 6.30. The molecule has 0 aliphatic carbocycles. The van der Waals surface area contributed by atoms with E-state index >= 15 is 0 Å². The number of hydrogen-bond donors (Lipinski definition) is 0. The molecule has 24 heavy (non-hydrogen) atoms. The summed E-state index contributed by atoms with van der Waals surface area (Å²) in [5.74, 6) is 2.31. The number of rotatable bonds is 5. The van der Waals surface area contributed by atoms with Gasteiger partial charge in [0.2, 0.25) is 0 Å². The maximum atomic E-state index is 6.35. The first kappa shape index (κ1) is 16.7. The zero-order chi connectivity index (χ0) is 17.3. The monoisotopic (exact) mass is 328 g/mol. The van der Waals surface area contributed by atoms with Crippen molar-refractivity contribution in [3.05, 3.63) is 53.1 Å². The van der Waals surface area contributed by atoms with Crippen LogP contribution in [0.25, 0.3) is 0 Å². The van der Waals surface area contributed by atoms with E-state index < -0.39 is 5.60 Å². The molecule has 0 fully saturated rings. The van der Waals surface area contributed by atoms with Crippen LogP contribution in [0.2, 0.25) is 0 Å². The second-order valence-electron chi connectivity index (χ2n) is 6.30. The number of hydrogen-bond acceptors (Lipinski definition) is 4. The summed E-state index contributed by atoms with van der Waals surface area (Å²) in [7, 11) is 3.30. The Bertz CT molecular complexity index is 719. The van der Waals surface area contributed by atoms with Gasteiger partial charge in [-0.15, -0.1) is 0 Å². The number of ether oxygens (including phenoxy) is 4. The van der Waals surface area contributed by atoms with Crippen molar-refractivity contribution in [2.75, 3.05) is 20.8 Å². The van der Waals surface area contributed by atoms with Crippen molar-refractivity contribution in [3.63, 3.8) is 0 Å². The van der Waals surface area contributed by atoms with Gasteiger partial charge >= 0.3 is 0 Å². The van der Waals surface area contributed by atoms with Crippen LogP contribution in [0.3, 0.4) is 0 Å². The molecule has 0 saturated heterocycles. The molecule has 0 radical (unpaired) electrons. The molecule has 0 amide bonds. The Morgan fingerprint density at radius 1 is 1.00 bits per heavy atom. The maximum absolute atomic E-state index is 6.35. The SMILES string of the molecule is CCOc1ccc([C@@H]2OC(C)(C)c3cc(OC)c(OC)cc32)cc1. The molecule has 1 aliphatic rings. The summed E-state index contributed by atoms with van der Waals surface area (Å²) in [5, 5.41) is 0. The lowest BCUT2D eigenvalue weighted by Crippen LogP contribution is -2.16. The molecule has 1 atom stereocenters. The third-order valence-corrected chi connectivity index (χ3v) is 4.39. The summed E-state index contributed by atoms with van der Waals surface area (Å²) in [6.45, 7) is 6.79. The van der Waals surface area contributed by atoms with Crippen molar-refractivity contribution in [2.24, 2.45) is 0 Å². The Morgan fingerprint density at radius 2 is 1.62 bits per heavy atom. The van der Waals surface area contributed by atoms with E-state index in [0.717, 1.165) is 28.2 Å². The van der Waals surface area contributed by atoms with Gasteiger partial charge in [0.05, 0.1) is 26.4 Å². The van der Waals surface area contributed by atoms with E-state index in [4.69, 9.17) is 18.9 Å². The number of fused-ring (bicyclic) bond motifs is 1. The van der Waals surface area contributed by atoms with E-state index in [2.05, 4.69) is 26.0 Å². The zero-order valence-electron chi connectivity index (χ0n) is 14.9. The minimum Gasteiger partial charge on any atom is -0.494 e. The molecule has 0 N–H and O–H groups in total. The fourth-order valence-electron chi connectivity index (χ4n) is 3.21. The molecular formula is C20H24O4. The van der Waals surface area contributed by atoms with Crippen LogP contribution in [0.15, 0.2) is 36.4 Å². The Labute approximate surface area is 143 Å². The molecule has 2 aromatic rings. The van der Waals surface area contributed by atoms with Gasteiger partial charge in [-0.1, -0.05) is 12.1 Å². The van der Waals surface area contributed by atoms with Crippen molar-refractivity contribution < 1.29 is 18.9 Å². The van der Waals surface area contributed by atoms with Crippen molar-refractivity contribution in [1.82, 2.24) is 0 Å². The average molecular weight is 328 g/mol. The largest absolute Gasteiger partial charge is 0.494 e. The Hall–Kier alpha value is -2.20. The topological polar surface area (TPSA) is 36.9 Å². The Kier molecular flexibility index (Phi) is 4.41. The molecular weight excluding hydrogens is 304 g/mol. The lowest BCUT2D eigenvalue weighted by atomic mass is 9.92. The van der Waals surface area contributed by atoms with Crippen LogP contribution in [0.4, 0.5) is 0 Å². The van der Waals surface area contributed by atoms with E-state index in [0.29, 0.717) is 12.4 Å². The molecule has 128 valence electrons. The molecule has 3 rings (SSSR count). The highest BCUT2D eigenvalue weighted by Gasteiger charge is 2.39. The van der Waals surface area contributed by atoms with Gasteiger partial charge < -0.3 is 18.9 Å². The van der Waals surface area contributed by atoms with Crippen molar-refractivity contribution in [2.45, 2.75) is 32.5 Å². The van der Waals surface area contributed by atoms with Crippen LogP contribution >= 0.6 is 0 Å². The Morgan fingerprint density at radius 3 is 2.21 bits per heavy atom. The van der Waals surface area contributed by atoms with E-state index in [1.807, 2.05) is 31.2 Å². The molecule has 0 aromatic heterocycles. The molecule has 4 nitrogen and oxygen atoms in total. The molecule has 1 heterocycles. The average Bonchev–Trinajstić information content (AvgIpc) is 2.85. The molecule has 0 spiro atoms. The zero-order valence-corrected chi connectivity index (χ0v) is 14.9. The van der Waals surface area contributed by atoms with Gasteiger partial charge in [-0.05, 0) is 61.7 Å². The van der Waals surface area contributed by atoms with E-state index in [-0.39, 0.29) is 6.10 Å². The van der Waals surface area contributed by atoms with Gasteiger partial charge in [-0.2, -0.15) is 0 Å². The van der Waals surface area contributed by atoms with Crippen LogP contribution < -0.4 is 14.2 Å². The predicted molar refractivity (Wildman–Crippen MR) is 93.1 cm³/mol. The van der Waals surface area contributed by atoms with E-state index in [1.54, 1.807) is 14.2 Å². The molecule has 0 bridgehead atoms. The van der Waals surface area contributed by atoms with Crippen LogP contribution in [0.1, 0.15) is 43.6 Å². The van der Waals surface area contributed by atoms with E-state index in [1.165, 1.54) is 0 Å². The summed E-state index contributed by atoms with van der Waals surface area (Å²) in [6.07, 6.45) is -0.134. The minimum absolute atomic E-state index is 0.134. The third kappa shape index (κ3) is 2.82. The summed E-state index contributed by atoms with van der Waals surface area (Å²) in [5.41, 5.74) is 2.94. The van der Waals surface area contributed by atoms with Gasteiger partial charge in [0.25, 0.3) is 0 Å². The first-order valence-corrected chi connectivity index (χ1v) is 8.17. The van der Waals surface area contributed by atoms with Crippen LogP contribution in [0, 0.1) is 0 Å². The number of methoxy groups -OCH3 is 2. The first-order chi connectivity index (χ1) is 11.5. The minimum atomic E-state index is -0.391. The molecule has 2 aromatic carbocycles. The molecule has 4 heteroatoms. The van der Waals surface area contributed by atoms with Crippen LogP contribution in [-0.4, -0.2) is 20.8 Å². The fourth-order valence-corrected chi connectivity index (χ4v) is 3.21. The quantitative estimate of drug-likeness (QED) is 0.812. The van der Waals surface area contributed by atoms with Crippen LogP contribution in [-0.2, 0) is 10.3 Å². The summed E-state index contributed by atoms with van der Waals surface area (Å²) in [6, 6.07) is 12.1. The van der Waals surface area contributed by atoms with Crippen molar-refractivity contribution >= 4 is 0 Å². The van der Waals surface area contributed by atoms with Gasteiger partial charge in [-0.25, -0.2) is 0 Å². The standard InChI is InChI=1S/C20H24O4/c1-6-23-14-9-7-13(8-10-14)19-15-11-17(21-4)18(22-5)12-16(15)20(2,3)24-19/h7-12,19H,6H2,1-5H3/t19-/m0/s1. The maximum Gasteiger partial charge on any atom is 0.161 e. The van der Waals surface area contributed by atoms with Crippen molar-refractivity contribution in [1.29, 1.82) is 0 Å². The van der Waals surface area contributed by atoms with Gasteiger partial charge in [0.15, 0.2) is 11.5 Å². The smallest absolute Gasteiger partial charge is 0.161 e. The highest BCUT2D eigenvalue weighted by molar-refractivity contribution is 5.53. The second kappa shape index (κ2) is 6.36. The first-order valence-electron chi connectivity index (χ1n) is 8.17. The van der Waals surface area contributed by atoms with Gasteiger partial charge in [-0.3, -0.25) is 0 Å². The van der Waals surface area contributed by atoms with E-state index in [9.17, 15) is 0 Å². The van der Waals surface area contributed by atoms with Gasteiger partial charge in [0.1, 0.15) is 11.9 Å². The van der Waals surface area contributed by atoms with Gasteiger partial charge in [0, 0.05) is 0 Å². The Balaban J connectivity index is 2.04. The lowest BCUT2D eigenvalue weighted by Gasteiger charge is -2.21. The summed E-state index contributed by atoms with van der Waals surface area (Å²) < 4.78 is 22.8. The molecule has 1 aliphatic heterocycles. The summed E-state index contributed by atoms with van der Waals surface area (Å²) >= 11 is 0. The predicted octanol–water partition coefficient (Wildman–Crippen LogP) is 4.46. The van der Waals surface area contributed by atoms with Crippen LogP contribution in [0.5, 0.6) is 17.2 Å². The lowest BCUT2D eigenvalue weighted by molar-refractivity contribution is -0.0341. The normalized spacial score (nSPS) is 18.1. The highest BCUT2D eigenvalue weighted by Crippen LogP contribution is 2.49. The molecule has 0 unspecified atom stereocenters. The molecule has 0 saturated carbocycles. The van der Waals surface area contributed by atoms with Crippen molar-refractivity contribution in [3.8, 4) is 17.2 Å². The summed E-state index contributed by atoms with van der Waals surface area (Å²) in [4.78, 5) is 0. The third-order valence-electron chi connectivity index (χ3n) is 4.39. The highest BCUT2D eigenvalue weighted by atomic mass is 16.5.